The number of methoxy groups -OCH3 is 1. The third-order valence-electron chi connectivity index (χ3n) is 4.29. The maximum atomic E-state index is 12.7. The topological polar surface area (TPSA) is 42.4 Å². The van der Waals surface area contributed by atoms with Gasteiger partial charge in [-0.15, -0.1) is 11.3 Å². The zero-order chi connectivity index (χ0) is 16.2. The molecular formula is C18H22N2O2S. The van der Waals surface area contributed by atoms with E-state index in [1.807, 2.05) is 36.1 Å². The number of rotatable bonds is 4. The molecule has 1 aliphatic heterocycles. The standard InChI is InChI=1S/C18H22N2O2S/c1-13-12-23-18(19-13)15-7-5-9-20(11-15)17(21)10-14-6-3-4-8-16(14)22-2/h3-4,6,8,12,15H,5,7,9-11H2,1-2H3/t15-/m0/s1. The van der Waals surface area contributed by atoms with Crippen LogP contribution < -0.4 is 4.74 Å². The van der Waals surface area contributed by atoms with E-state index in [0.717, 1.165) is 47.9 Å². The number of piperidine rings is 1. The Hall–Kier alpha value is -1.88. The lowest BCUT2D eigenvalue weighted by atomic mass is 9.98. The fraction of sp³-hybridized carbons (Fsp3) is 0.444. The van der Waals surface area contributed by atoms with Gasteiger partial charge in [-0.1, -0.05) is 18.2 Å². The molecule has 0 unspecified atom stereocenters. The van der Waals surface area contributed by atoms with Crippen LogP contribution in [-0.4, -0.2) is 36.0 Å². The van der Waals surface area contributed by atoms with E-state index in [1.54, 1.807) is 18.4 Å². The number of aryl methyl sites for hydroxylation is 1. The number of hydrogen-bond acceptors (Lipinski definition) is 4. The molecule has 1 aromatic carbocycles. The van der Waals surface area contributed by atoms with Crippen molar-refractivity contribution in [1.82, 2.24) is 9.88 Å². The van der Waals surface area contributed by atoms with Crippen LogP contribution in [0.15, 0.2) is 29.6 Å². The number of aromatic nitrogens is 1. The number of carbonyl (C=O) groups excluding carboxylic acids is 1. The highest BCUT2D eigenvalue weighted by molar-refractivity contribution is 7.09. The van der Waals surface area contributed by atoms with E-state index in [0.29, 0.717) is 12.3 Å². The van der Waals surface area contributed by atoms with Gasteiger partial charge in [0.25, 0.3) is 0 Å². The molecule has 23 heavy (non-hydrogen) atoms. The van der Waals surface area contributed by atoms with Crippen molar-refractivity contribution in [1.29, 1.82) is 0 Å². The van der Waals surface area contributed by atoms with Crippen molar-refractivity contribution >= 4 is 17.2 Å². The first-order chi connectivity index (χ1) is 11.2. The molecule has 0 N–H and O–H groups in total. The van der Waals surface area contributed by atoms with Crippen LogP contribution in [0.4, 0.5) is 0 Å². The highest BCUT2D eigenvalue weighted by Crippen LogP contribution is 2.29. The normalized spacial score (nSPS) is 18.0. The third kappa shape index (κ3) is 3.72. The molecule has 5 heteroatoms. The van der Waals surface area contributed by atoms with Gasteiger partial charge in [0.2, 0.25) is 5.91 Å². The summed E-state index contributed by atoms with van der Waals surface area (Å²) in [6.07, 6.45) is 2.56. The fourth-order valence-corrected chi connectivity index (χ4v) is 4.01. The van der Waals surface area contributed by atoms with Gasteiger partial charge >= 0.3 is 0 Å². The second-order valence-corrected chi connectivity index (χ2v) is 6.88. The van der Waals surface area contributed by atoms with Crippen LogP contribution in [0.25, 0.3) is 0 Å². The third-order valence-corrected chi connectivity index (χ3v) is 5.42. The first-order valence-corrected chi connectivity index (χ1v) is 8.87. The number of carbonyl (C=O) groups is 1. The van der Waals surface area contributed by atoms with Gasteiger partial charge in [0.15, 0.2) is 0 Å². The molecule has 1 aromatic heterocycles. The number of nitrogens with zero attached hydrogens (tertiary/aromatic N) is 2. The Bertz CT molecular complexity index is 683. The Balaban J connectivity index is 1.67. The van der Waals surface area contributed by atoms with Crippen molar-refractivity contribution in [3.63, 3.8) is 0 Å². The summed E-state index contributed by atoms with van der Waals surface area (Å²) < 4.78 is 5.35. The molecule has 1 amide bonds. The highest BCUT2D eigenvalue weighted by atomic mass is 32.1. The number of amides is 1. The van der Waals surface area contributed by atoms with Crippen molar-refractivity contribution in [2.45, 2.75) is 32.1 Å². The fourth-order valence-electron chi connectivity index (χ4n) is 3.09. The van der Waals surface area contributed by atoms with Crippen molar-refractivity contribution in [3.05, 3.63) is 45.9 Å². The molecule has 0 spiro atoms. The van der Waals surface area contributed by atoms with Crippen molar-refractivity contribution in [2.24, 2.45) is 0 Å². The van der Waals surface area contributed by atoms with Crippen LogP contribution in [0.1, 0.15) is 35.0 Å². The van der Waals surface area contributed by atoms with Crippen molar-refractivity contribution in [2.75, 3.05) is 20.2 Å². The lowest BCUT2D eigenvalue weighted by Gasteiger charge is -2.32. The Labute approximate surface area is 141 Å². The minimum absolute atomic E-state index is 0.174. The van der Waals surface area contributed by atoms with Crippen LogP contribution in [-0.2, 0) is 11.2 Å². The summed E-state index contributed by atoms with van der Waals surface area (Å²) in [5.41, 5.74) is 2.02. The number of thiazole rings is 1. The molecule has 122 valence electrons. The van der Waals surface area contributed by atoms with Crippen molar-refractivity contribution in [3.8, 4) is 5.75 Å². The lowest BCUT2D eigenvalue weighted by molar-refractivity contribution is -0.131. The van der Waals surface area contributed by atoms with E-state index in [9.17, 15) is 4.79 Å². The minimum Gasteiger partial charge on any atom is -0.496 e. The smallest absolute Gasteiger partial charge is 0.227 e. The van der Waals surface area contributed by atoms with Crippen LogP contribution in [0, 0.1) is 6.92 Å². The van der Waals surface area contributed by atoms with Gasteiger partial charge in [0.05, 0.1) is 18.5 Å². The van der Waals surface area contributed by atoms with Crippen LogP contribution in [0.3, 0.4) is 0 Å². The zero-order valence-corrected chi connectivity index (χ0v) is 14.4. The van der Waals surface area contributed by atoms with Gasteiger partial charge in [-0.3, -0.25) is 4.79 Å². The quantitative estimate of drug-likeness (QED) is 0.863. The van der Waals surface area contributed by atoms with E-state index in [4.69, 9.17) is 4.74 Å². The minimum atomic E-state index is 0.174. The van der Waals surface area contributed by atoms with Gasteiger partial charge in [-0.25, -0.2) is 4.98 Å². The second kappa shape index (κ2) is 7.13. The molecule has 0 bridgehead atoms. The van der Waals surface area contributed by atoms with Crippen LogP contribution in [0.5, 0.6) is 5.75 Å². The summed E-state index contributed by atoms with van der Waals surface area (Å²) in [4.78, 5) is 19.3. The molecule has 1 saturated heterocycles. The first kappa shape index (κ1) is 16.0. The average Bonchev–Trinajstić information content (AvgIpc) is 3.02. The summed E-state index contributed by atoms with van der Waals surface area (Å²) >= 11 is 1.71. The maximum Gasteiger partial charge on any atom is 0.227 e. The number of benzene rings is 1. The molecule has 2 heterocycles. The van der Waals surface area contributed by atoms with Gasteiger partial charge < -0.3 is 9.64 Å². The molecular weight excluding hydrogens is 308 g/mol. The monoisotopic (exact) mass is 330 g/mol. The predicted molar refractivity (Wildman–Crippen MR) is 92.1 cm³/mol. The molecule has 1 fully saturated rings. The Morgan fingerprint density at radius 2 is 2.26 bits per heavy atom. The molecule has 1 atom stereocenters. The van der Waals surface area contributed by atoms with Gasteiger partial charge in [0.1, 0.15) is 5.75 Å². The SMILES string of the molecule is COc1ccccc1CC(=O)N1CCC[C@H](c2nc(C)cs2)C1. The summed E-state index contributed by atoms with van der Waals surface area (Å²) in [7, 11) is 1.64. The highest BCUT2D eigenvalue weighted by Gasteiger charge is 2.26. The van der Waals surface area contributed by atoms with Gasteiger partial charge in [0, 0.05) is 35.6 Å². The molecule has 1 aliphatic rings. The summed E-state index contributed by atoms with van der Waals surface area (Å²) in [5.74, 6) is 1.33. The van der Waals surface area contributed by atoms with E-state index in [1.165, 1.54) is 0 Å². The number of ether oxygens (including phenoxy) is 1. The molecule has 2 aromatic rings. The van der Waals surface area contributed by atoms with E-state index < -0.39 is 0 Å². The Morgan fingerprint density at radius 1 is 1.43 bits per heavy atom. The maximum absolute atomic E-state index is 12.7. The van der Waals surface area contributed by atoms with Gasteiger partial charge in [-0.05, 0) is 25.8 Å². The molecule has 0 saturated carbocycles. The average molecular weight is 330 g/mol. The molecule has 3 rings (SSSR count). The Morgan fingerprint density at radius 3 is 3.00 bits per heavy atom. The van der Waals surface area contributed by atoms with Crippen LogP contribution in [0.2, 0.25) is 0 Å². The largest absolute Gasteiger partial charge is 0.496 e. The summed E-state index contributed by atoms with van der Waals surface area (Å²) in [6.45, 7) is 3.64. The predicted octanol–water partition coefficient (Wildman–Crippen LogP) is 3.41. The van der Waals surface area contributed by atoms with Crippen LogP contribution >= 0.6 is 11.3 Å². The first-order valence-electron chi connectivity index (χ1n) is 7.99. The summed E-state index contributed by atoms with van der Waals surface area (Å²) in [5, 5.41) is 3.25. The van der Waals surface area contributed by atoms with Crippen molar-refractivity contribution < 1.29 is 9.53 Å². The van der Waals surface area contributed by atoms with E-state index >= 15 is 0 Å². The van der Waals surface area contributed by atoms with E-state index in [-0.39, 0.29) is 5.91 Å². The van der Waals surface area contributed by atoms with Gasteiger partial charge in [-0.2, -0.15) is 0 Å². The molecule has 0 aliphatic carbocycles. The number of likely N-dealkylation sites (tertiary alicyclic amines) is 1. The lowest BCUT2D eigenvalue weighted by Crippen LogP contribution is -2.40. The number of hydrogen-bond donors (Lipinski definition) is 0. The molecule has 0 radical (unpaired) electrons. The molecule has 4 nitrogen and oxygen atoms in total. The number of para-hydroxylation sites is 1. The zero-order valence-electron chi connectivity index (χ0n) is 13.6. The van der Waals surface area contributed by atoms with E-state index in [2.05, 4.69) is 10.4 Å². The second-order valence-electron chi connectivity index (χ2n) is 5.99. The Kier molecular flexibility index (Phi) is 4.96. The summed E-state index contributed by atoms with van der Waals surface area (Å²) in [6, 6.07) is 7.74.